The number of nitrogens with one attached hydrogen (secondary N) is 1. The van der Waals surface area contributed by atoms with E-state index in [4.69, 9.17) is 9.47 Å². The highest BCUT2D eigenvalue weighted by molar-refractivity contribution is 8.00. The van der Waals surface area contributed by atoms with Crippen LogP contribution in [0.4, 0.5) is 5.69 Å². The van der Waals surface area contributed by atoms with E-state index in [1.165, 1.54) is 5.69 Å². The Morgan fingerprint density at radius 3 is 2.78 bits per heavy atom. The molecule has 5 heteroatoms. The summed E-state index contributed by atoms with van der Waals surface area (Å²) in [5.41, 5.74) is 1.18. The van der Waals surface area contributed by atoms with Crippen molar-refractivity contribution in [1.29, 1.82) is 0 Å². The van der Waals surface area contributed by atoms with Crippen LogP contribution in [0.15, 0.2) is 18.2 Å². The summed E-state index contributed by atoms with van der Waals surface area (Å²) < 4.78 is 12.4. The molecule has 0 aliphatic carbocycles. The third-order valence-corrected chi connectivity index (χ3v) is 5.43. The molecule has 23 heavy (non-hydrogen) atoms. The highest BCUT2D eigenvalue weighted by atomic mass is 32.2. The SMILES string of the molecule is CC(C)SC(C)CC1COc2cccc(N3CCNCC3)c2O1. The van der Waals surface area contributed by atoms with Gasteiger partial charge in [-0.05, 0) is 23.8 Å². The van der Waals surface area contributed by atoms with Gasteiger partial charge >= 0.3 is 0 Å². The minimum Gasteiger partial charge on any atom is -0.486 e. The molecule has 0 bridgehead atoms. The molecule has 0 spiro atoms. The molecule has 1 saturated heterocycles. The van der Waals surface area contributed by atoms with Gasteiger partial charge < -0.3 is 19.7 Å². The third kappa shape index (κ3) is 4.27. The first kappa shape index (κ1) is 16.8. The number of piperazine rings is 1. The topological polar surface area (TPSA) is 33.7 Å². The lowest BCUT2D eigenvalue weighted by Crippen LogP contribution is -2.44. The molecule has 2 aliphatic heterocycles. The number of nitrogens with zero attached hydrogens (tertiary/aromatic N) is 1. The van der Waals surface area contributed by atoms with Crippen molar-refractivity contribution in [2.45, 2.75) is 43.8 Å². The van der Waals surface area contributed by atoms with E-state index in [1.807, 2.05) is 17.8 Å². The maximum absolute atomic E-state index is 6.37. The number of thioether (sulfide) groups is 1. The number of fused-ring (bicyclic) bond motifs is 1. The van der Waals surface area contributed by atoms with Gasteiger partial charge in [0.25, 0.3) is 0 Å². The zero-order valence-corrected chi connectivity index (χ0v) is 15.2. The largest absolute Gasteiger partial charge is 0.486 e. The fourth-order valence-corrected chi connectivity index (χ4v) is 4.54. The lowest BCUT2D eigenvalue weighted by molar-refractivity contribution is 0.0858. The number of para-hydroxylation sites is 1. The fraction of sp³-hybridized carbons (Fsp3) is 0.667. The lowest BCUT2D eigenvalue weighted by Gasteiger charge is -2.35. The van der Waals surface area contributed by atoms with Crippen LogP contribution < -0.4 is 19.7 Å². The van der Waals surface area contributed by atoms with Gasteiger partial charge in [0, 0.05) is 31.4 Å². The van der Waals surface area contributed by atoms with E-state index in [2.05, 4.69) is 43.1 Å². The Morgan fingerprint density at radius 2 is 2.04 bits per heavy atom. The van der Waals surface area contributed by atoms with Crippen LogP contribution in [0.2, 0.25) is 0 Å². The normalized spacial score (nSPS) is 22.3. The Labute approximate surface area is 143 Å². The Hall–Kier alpha value is -1.07. The molecule has 0 saturated carbocycles. The van der Waals surface area contributed by atoms with Gasteiger partial charge in [-0.1, -0.05) is 26.8 Å². The van der Waals surface area contributed by atoms with Crippen LogP contribution in [-0.4, -0.2) is 49.4 Å². The number of hydrogen-bond donors (Lipinski definition) is 1. The van der Waals surface area contributed by atoms with Crippen molar-refractivity contribution in [2.24, 2.45) is 0 Å². The molecular weight excluding hydrogens is 308 g/mol. The van der Waals surface area contributed by atoms with E-state index in [0.717, 1.165) is 44.1 Å². The smallest absolute Gasteiger partial charge is 0.185 e. The molecular formula is C18H28N2O2S. The van der Waals surface area contributed by atoms with E-state index in [0.29, 0.717) is 17.1 Å². The number of ether oxygens (including phenoxy) is 2. The number of rotatable bonds is 5. The van der Waals surface area contributed by atoms with Crippen molar-refractivity contribution >= 4 is 17.4 Å². The Morgan fingerprint density at radius 1 is 1.26 bits per heavy atom. The van der Waals surface area contributed by atoms with E-state index in [-0.39, 0.29) is 6.10 Å². The maximum Gasteiger partial charge on any atom is 0.185 e. The van der Waals surface area contributed by atoms with Gasteiger partial charge in [-0.3, -0.25) is 0 Å². The summed E-state index contributed by atoms with van der Waals surface area (Å²) in [5.74, 6) is 1.83. The minimum absolute atomic E-state index is 0.146. The molecule has 1 fully saturated rings. The predicted molar refractivity (Wildman–Crippen MR) is 98.2 cm³/mol. The highest BCUT2D eigenvalue weighted by Gasteiger charge is 2.27. The van der Waals surface area contributed by atoms with E-state index < -0.39 is 0 Å². The Kier molecular flexibility index (Phi) is 5.59. The summed E-state index contributed by atoms with van der Waals surface area (Å²) >= 11 is 2.01. The Bertz CT molecular complexity index is 518. The van der Waals surface area contributed by atoms with Crippen molar-refractivity contribution in [1.82, 2.24) is 5.32 Å². The van der Waals surface area contributed by atoms with E-state index in [9.17, 15) is 0 Å². The average Bonchev–Trinajstić information content (AvgIpc) is 2.54. The molecule has 1 aromatic rings. The van der Waals surface area contributed by atoms with Crippen molar-refractivity contribution in [2.75, 3.05) is 37.7 Å². The van der Waals surface area contributed by atoms with Crippen molar-refractivity contribution in [3.05, 3.63) is 18.2 Å². The monoisotopic (exact) mass is 336 g/mol. The van der Waals surface area contributed by atoms with Gasteiger partial charge in [0.15, 0.2) is 11.5 Å². The van der Waals surface area contributed by atoms with E-state index >= 15 is 0 Å². The minimum atomic E-state index is 0.146. The van der Waals surface area contributed by atoms with Gasteiger partial charge in [-0.2, -0.15) is 11.8 Å². The molecule has 2 atom stereocenters. The molecule has 4 nitrogen and oxygen atoms in total. The quantitative estimate of drug-likeness (QED) is 0.893. The molecule has 2 unspecified atom stereocenters. The van der Waals surface area contributed by atoms with Gasteiger partial charge in [-0.25, -0.2) is 0 Å². The van der Waals surface area contributed by atoms with Crippen LogP contribution in [0.25, 0.3) is 0 Å². The first-order chi connectivity index (χ1) is 11.1. The van der Waals surface area contributed by atoms with Crippen molar-refractivity contribution in [3.8, 4) is 11.5 Å². The van der Waals surface area contributed by atoms with Crippen molar-refractivity contribution < 1.29 is 9.47 Å². The summed E-state index contributed by atoms with van der Waals surface area (Å²) in [5, 5.41) is 4.63. The zero-order valence-electron chi connectivity index (χ0n) is 14.4. The van der Waals surface area contributed by atoms with Crippen LogP contribution in [0.3, 0.4) is 0 Å². The first-order valence-electron chi connectivity index (χ1n) is 8.67. The Balaban J connectivity index is 1.71. The van der Waals surface area contributed by atoms with Crippen LogP contribution in [0.1, 0.15) is 27.2 Å². The molecule has 128 valence electrons. The van der Waals surface area contributed by atoms with Gasteiger partial charge in [0.2, 0.25) is 0 Å². The molecule has 0 radical (unpaired) electrons. The molecule has 1 N–H and O–H groups in total. The summed E-state index contributed by atoms with van der Waals surface area (Å²) in [7, 11) is 0. The standard InChI is InChI=1S/C18H28N2O2S/c1-13(2)23-14(3)11-15-12-21-17-6-4-5-16(18(17)22-15)20-9-7-19-8-10-20/h4-6,13-15,19H,7-12H2,1-3H3. The average molecular weight is 337 g/mol. The highest BCUT2D eigenvalue weighted by Crippen LogP contribution is 2.41. The van der Waals surface area contributed by atoms with Crippen molar-refractivity contribution in [3.63, 3.8) is 0 Å². The second kappa shape index (κ2) is 7.67. The second-order valence-corrected chi connectivity index (χ2v) is 8.64. The number of benzene rings is 1. The molecule has 2 aliphatic rings. The summed E-state index contributed by atoms with van der Waals surface area (Å²) in [6.45, 7) is 11.5. The molecule has 3 rings (SSSR count). The van der Waals surface area contributed by atoms with Crippen LogP contribution in [0, 0.1) is 0 Å². The molecule has 2 heterocycles. The van der Waals surface area contributed by atoms with Gasteiger partial charge in [0.05, 0.1) is 5.69 Å². The molecule has 1 aromatic carbocycles. The summed E-state index contributed by atoms with van der Waals surface area (Å²) in [6, 6.07) is 6.24. The van der Waals surface area contributed by atoms with Gasteiger partial charge in [0.1, 0.15) is 12.7 Å². The number of anilines is 1. The third-order valence-electron chi connectivity index (χ3n) is 4.22. The maximum atomic E-state index is 6.37. The molecule has 0 aromatic heterocycles. The summed E-state index contributed by atoms with van der Waals surface area (Å²) in [4.78, 5) is 2.40. The van der Waals surface area contributed by atoms with Gasteiger partial charge in [-0.15, -0.1) is 0 Å². The summed E-state index contributed by atoms with van der Waals surface area (Å²) in [6.07, 6.45) is 1.17. The van der Waals surface area contributed by atoms with Crippen LogP contribution >= 0.6 is 11.8 Å². The van der Waals surface area contributed by atoms with Crippen LogP contribution in [0.5, 0.6) is 11.5 Å². The second-order valence-electron chi connectivity index (χ2n) is 6.62. The van der Waals surface area contributed by atoms with Crippen LogP contribution in [-0.2, 0) is 0 Å². The number of hydrogen-bond acceptors (Lipinski definition) is 5. The first-order valence-corrected chi connectivity index (χ1v) is 9.61. The van der Waals surface area contributed by atoms with E-state index in [1.54, 1.807) is 0 Å². The molecule has 0 amide bonds. The lowest BCUT2D eigenvalue weighted by atomic mass is 10.1. The predicted octanol–water partition coefficient (Wildman–Crippen LogP) is 3.16. The zero-order chi connectivity index (χ0) is 16.2. The fourth-order valence-electron chi connectivity index (χ4n) is 3.28.